The van der Waals surface area contributed by atoms with Crippen molar-refractivity contribution < 1.29 is 4.79 Å². The SMILES string of the molecule is NC(=O)CC#Cc1cnc(N)nc1Cl. The van der Waals surface area contributed by atoms with Crippen molar-refractivity contribution in [2.75, 3.05) is 5.73 Å². The van der Waals surface area contributed by atoms with E-state index in [1.54, 1.807) is 0 Å². The van der Waals surface area contributed by atoms with Crippen LogP contribution in [0.25, 0.3) is 0 Å². The minimum absolute atomic E-state index is 0.0271. The minimum Gasteiger partial charge on any atom is -0.369 e. The first-order chi connectivity index (χ1) is 6.59. The lowest BCUT2D eigenvalue weighted by atomic mass is 10.3. The highest BCUT2D eigenvalue weighted by Gasteiger charge is 1.99. The molecule has 1 heterocycles. The molecule has 0 aliphatic rings. The van der Waals surface area contributed by atoms with Gasteiger partial charge in [-0.3, -0.25) is 4.79 Å². The first-order valence-electron chi connectivity index (χ1n) is 3.65. The summed E-state index contributed by atoms with van der Waals surface area (Å²) in [5.74, 6) is 4.72. The van der Waals surface area contributed by atoms with Crippen molar-refractivity contribution in [3.63, 3.8) is 0 Å². The molecule has 5 nitrogen and oxygen atoms in total. The Morgan fingerprint density at radius 1 is 1.64 bits per heavy atom. The average molecular weight is 211 g/mol. The van der Waals surface area contributed by atoms with Crippen LogP contribution in [-0.4, -0.2) is 15.9 Å². The van der Waals surface area contributed by atoms with Crippen molar-refractivity contribution in [1.82, 2.24) is 9.97 Å². The predicted molar refractivity (Wildman–Crippen MR) is 52.1 cm³/mol. The van der Waals surface area contributed by atoms with Crippen molar-refractivity contribution >= 4 is 23.5 Å². The molecule has 0 saturated carbocycles. The lowest BCUT2D eigenvalue weighted by Gasteiger charge is -1.94. The Balaban J connectivity index is 2.85. The molecule has 1 rings (SSSR count). The van der Waals surface area contributed by atoms with E-state index in [0.717, 1.165) is 0 Å². The van der Waals surface area contributed by atoms with Crippen molar-refractivity contribution in [3.05, 3.63) is 16.9 Å². The standard InChI is InChI=1S/C8H7ClN4O/c9-7-5(2-1-3-6(10)14)4-12-8(11)13-7/h4H,3H2,(H2,10,14)(H2,11,12,13). The van der Waals surface area contributed by atoms with Gasteiger partial charge in [-0.25, -0.2) is 4.98 Å². The summed E-state index contributed by atoms with van der Waals surface area (Å²) < 4.78 is 0. The highest BCUT2D eigenvalue weighted by atomic mass is 35.5. The summed E-state index contributed by atoms with van der Waals surface area (Å²) in [5, 5.41) is 0.162. The molecule has 1 amide bonds. The molecule has 72 valence electrons. The molecule has 1 aromatic rings. The van der Waals surface area contributed by atoms with Gasteiger partial charge >= 0.3 is 0 Å². The lowest BCUT2D eigenvalue weighted by Crippen LogP contribution is -2.08. The number of rotatable bonds is 1. The van der Waals surface area contributed by atoms with Gasteiger partial charge in [0.1, 0.15) is 5.15 Å². The fourth-order valence-corrected chi connectivity index (χ4v) is 0.867. The van der Waals surface area contributed by atoms with E-state index in [0.29, 0.717) is 5.56 Å². The van der Waals surface area contributed by atoms with E-state index in [4.69, 9.17) is 23.1 Å². The van der Waals surface area contributed by atoms with Crippen LogP contribution in [0, 0.1) is 11.8 Å². The van der Waals surface area contributed by atoms with E-state index in [9.17, 15) is 4.79 Å². The van der Waals surface area contributed by atoms with Crippen LogP contribution in [0.4, 0.5) is 5.95 Å². The number of nitrogens with zero attached hydrogens (tertiary/aromatic N) is 2. The molecule has 0 aromatic carbocycles. The maximum absolute atomic E-state index is 10.4. The molecule has 6 heteroatoms. The van der Waals surface area contributed by atoms with Crippen LogP contribution in [0.15, 0.2) is 6.20 Å². The molecular weight excluding hydrogens is 204 g/mol. The molecule has 14 heavy (non-hydrogen) atoms. The number of halogens is 1. The number of hydrogen-bond acceptors (Lipinski definition) is 4. The van der Waals surface area contributed by atoms with Crippen LogP contribution < -0.4 is 11.5 Å². The zero-order valence-corrected chi connectivity index (χ0v) is 7.88. The number of nitrogen functional groups attached to an aromatic ring is 1. The third kappa shape index (κ3) is 2.92. The summed E-state index contributed by atoms with van der Waals surface area (Å²) in [5.41, 5.74) is 10.6. The first kappa shape index (κ1) is 10.3. The van der Waals surface area contributed by atoms with Gasteiger partial charge in [0.15, 0.2) is 0 Å². The molecule has 0 radical (unpaired) electrons. The van der Waals surface area contributed by atoms with Gasteiger partial charge in [-0.15, -0.1) is 0 Å². The summed E-state index contributed by atoms with van der Waals surface area (Å²) in [6.07, 6.45) is 1.36. The van der Waals surface area contributed by atoms with Gasteiger partial charge in [0, 0.05) is 6.20 Å². The van der Waals surface area contributed by atoms with Crippen LogP contribution in [0.5, 0.6) is 0 Å². The Labute approximate surface area is 85.5 Å². The highest BCUT2D eigenvalue weighted by Crippen LogP contribution is 2.10. The maximum Gasteiger partial charge on any atom is 0.229 e. The van der Waals surface area contributed by atoms with Gasteiger partial charge in [0.25, 0.3) is 0 Å². The minimum atomic E-state index is -0.495. The van der Waals surface area contributed by atoms with Crippen molar-refractivity contribution in [1.29, 1.82) is 0 Å². The number of amides is 1. The number of carbonyl (C=O) groups excluding carboxylic acids is 1. The first-order valence-corrected chi connectivity index (χ1v) is 4.02. The van der Waals surface area contributed by atoms with Crippen LogP contribution in [-0.2, 0) is 4.79 Å². The molecule has 0 saturated heterocycles. The van der Waals surface area contributed by atoms with E-state index in [2.05, 4.69) is 21.8 Å². The molecular formula is C8H7ClN4O. The fraction of sp³-hybridized carbons (Fsp3) is 0.125. The molecule has 0 bridgehead atoms. The van der Waals surface area contributed by atoms with Gasteiger partial charge in [-0.2, -0.15) is 4.98 Å². The van der Waals surface area contributed by atoms with Gasteiger partial charge in [-0.1, -0.05) is 23.4 Å². The summed E-state index contributed by atoms with van der Waals surface area (Å²) in [6.45, 7) is 0. The average Bonchev–Trinajstić information content (AvgIpc) is 2.08. The van der Waals surface area contributed by atoms with E-state index in [1.807, 2.05) is 0 Å². The molecule has 0 fully saturated rings. The zero-order chi connectivity index (χ0) is 10.6. The van der Waals surface area contributed by atoms with Crippen LogP contribution in [0.3, 0.4) is 0 Å². The van der Waals surface area contributed by atoms with Crippen LogP contribution in [0.2, 0.25) is 5.15 Å². The maximum atomic E-state index is 10.4. The van der Waals surface area contributed by atoms with E-state index in [1.165, 1.54) is 6.20 Å². The predicted octanol–water partition coefficient (Wildman–Crippen LogP) is -0.0609. The van der Waals surface area contributed by atoms with Crippen molar-refractivity contribution in [2.24, 2.45) is 5.73 Å². The summed E-state index contributed by atoms with van der Waals surface area (Å²) in [4.78, 5) is 17.8. The molecule has 4 N–H and O–H groups in total. The van der Waals surface area contributed by atoms with E-state index in [-0.39, 0.29) is 17.5 Å². The third-order valence-corrected chi connectivity index (χ3v) is 1.53. The number of carbonyl (C=O) groups is 1. The number of hydrogen-bond donors (Lipinski definition) is 2. The monoisotopic (exact) mass is 210 g/mol. The molecule has 0 atom stereocenters. The Kier molecular flexibility index (Phi) is 3.26. The largest absolute Gasteiger partial charge is 0.369 e. The zero-order valence-electron chi connectivity index (χ0n) is 7.12. The summed E-state index contributed by atoms with van der Waals surface area (Å²) >= 11 is 5.70. The number of aromatic nitrogens is 2. The Morgan fingerprint density at radius 2 is 2.36 bits per heavy atom. The van der Waals surface area contributed by atoms with Crippen molar-refractivity contribution in [3.8, 4) is 11.8 Å². The van der Waals surface area contributed by atoms with Gasteiger partial charge in [0.2, 0.25) is 11.9 Å². The normalized spacial score (nSPS) is 8.93. The topological polar surface area (TPSA) is 94.9 Å². The second-order valence-electron chi connectivity index (χ2n) is 2.38. The quantitative estimate of drug-likeness (QED) is 0.502. The van der Waals surface area contributed by atoms with Gasteiger partial charge in [0.05, 0.1) is 12.0 Å². The fourth-order valence-electron chi connectivity index (χ4n) is 0.684. The second-order valence-corrected chi connectivity index (χ2v) is 2.74. The van der Waals surface area contributed by atoms with Crippen LogP contribution in [0.1, 0.15) is 12.0 Å². The van der Waals surface area contributed by atoms with Crippen LogP contribution >= 0.6 is 11.6 Å². The smallest absolute Gasteiger partial charge is 0.229 e. The van der Waals surface area contributed by atoms with Gasteiger partial charge in [-0.05, 0) is 0 Å². The number of nitrogens with two attached hydrogens (primary N) is 2. The van der Waals surface area contributed by atoms with Crippen molar-refractivity contribution in [2.45, 2.75) is 6.42 Å². The molecule has 0 aliphatic carbocycles. The Morgan fingerprint density at radius 3 is 2.93 bits per heavy atom. The molecule has 0 unspecified atom stereocenters. The lowest BCUT2D eigenvalue weighted by molar-refractivity contribution is -0.117. The number of primary amides is 1. The third-order valence-electron chi connectivity index (χ3n) is 1.25. The molecule has 0 spiro atoms. The second kappa shape index (κ2) is 4.44. The Hall–Kier alpha value is -1.80. The highest BCUT2D eigenvalue weighted by molar-refractivity contribution is 6.30. The Bertz CT molecular complexity index is 421. The summed E-state index contributed by atoms with van der Waals surface area (Å²) in [6, 6.07) is 0. The van der Waals surface area contributed by atoms with Gasteiger partial charge < -0.3 is 11.5 Å². The molecule has 1 aromatic heterocycles. The molecule has 0 aliphatic heterocycles. The summed E-state index contributed by atoms with van der Waals surface area (Å²) in [7, 11) is 0. The number of anilines is 1. The van der Waals surface area contributed by atoms with E-state index >= 15 is 0 Å². The van der Waals surface area contributed by atoms with E-state index < -0.39 is 5.91 Å².